The van der Waals surface area contributed by atoms with E-state index in [2.05, 4.69) is 15.6 Å². The minimum Gasteiger partial charge on any atom is -0.508 e. The SMILES string of the molecule is CCNC(=NCCc1ccc(OC)cc1O)NC(C)c1ccc(OC)c(F)c1. The normalized spacial score (nSPS) is 12.4. The Bertz CT molecular complexity index is 811. The zero-order chi connectivity index (χ0) is 20.5. The van der Waals surface area contributed by atoms with E-state index in [-0.39, 0.29) is 17.5 Å². The molecular formula is C21H28FN3O3. The molecule has 0 radical (unpaired) electrons. The Hall–Kier alpha value is -2.96. The average Bonchev–Trinajstić information content (AvgIpc) is 2.69. The molecule has 2 aromatic carbocycles. The fraction of sp³-hybridized carbons (Fsp3) is 0.381. The van der Waals surface area contributed by atoms with Crippen LogP contribution in [0.2, 0.25) is 0 Å². The average molecular weight is 389 g/mol. The van der Waals surface area contributed by atoms with Crippen LogP contribution in [0.15, 0.2) is 41.4 Å². The summed E-state index contributed by atoms with van der Waals surface area (Å²) in [6, 6.07) is 9.96. The van der Waals surface area contributed by atoms with Crippen molar-refractivity contribution in [2.45, 2.75) is 26.3 Å². The number of rotatable bonds is 8. The molecule has 0 heterocycles. The fourth-order valence-corrected chi connectivity index (χ4v) is 2.73. The third-order valence-corrected chi connectivity index (χ3v) is 4.32. The summed E-state index contributed by atoms with van der Waals surface area (Å²) in [6.07, 6.45) is 0.581. The Labute approximate surface area is 165 Å². The maximum absolute atomic E-state index is 13.9. The zero-order valence-corrected chi connectivity index (χ0v) is 16.8. The van der Waals surface area contributed by atoms with E-state index >= 15 is 0 Å². The van der Waals surface area contributed by atoms with Crippen molar-refractivity contribution in [2.24, 2.45) is 4.99 Å². The minimum absolute atomic E-state index is 0.146. The molecule has 6 nitrogen and oxygen atoms in total. The molecule has 1 atom stereocenters. The molecule has 0 bridgehead atoms. The summed E-state index contributed by atoms with van der Waals surface area (Å²) in [5.41, 5.74) is 1.59. The van der Waals surface area contributed by atoms with E-state index in [0.717, 1.165) is 11.1 Å². The Balaban J connectivity index is 2.02. The lowest BCUT2D eigenvalue weighted by atomic mass is 10.1. The number of phenolic OH excluding ortho intramolecular Hbond substituents is 1. The molecule has 0 aliphatic heterocycles. The predicted molar refractivity (Wildman–Crippen MR) is 109 cm³/mol. The first-order chi connectivity index (χ1) is 13.5. The topological polar surface area (TPSA) is 75.1 Å². The van der Waals surface area contributed by atoms with E-state index < -0.39 is 5.82 Å². The number of methoxy groups -OCH3 is 2. The van der Waals surface area contributed by atoms with Crippen LogP contribution in [0.4, 0.5) is 4.39 Å². The summed E-state index contributed by atoms with van der Waals surface area (Å²) in [6.45, 7) is 5.09. The first kappa shape index (κ1) is 21.3. The van der Waals surface area contributed by atoms with Crippen LogP contribution >= 0.6 is 0 Å². The van der Waals surface area contributed by atoms with Crippen molar-refractivity contribution in [2.75, 3.05) is 27.3 Å². The molecule has 28 heavy (non-hydrogen) atoms. The van der Waals surface area contributed by atoms with Gasteiger partial charge in [0.2, 0.25) is 0 Å². The number of ether oxygens (including phenoxy) is 2. The molecule has 0 spiro atoms. The van der Waals surface area contributed by atoms with E-state index in [1.54, 1.807) is 19.2 Å². The molecule has 0 aromatic heterocycles. The largest absolute Gasteiger partial charge is 0.508 e. The second kappa shape index (κ2) is 10.4. The Morgan fingerprint density at radius 3 is 2.57 bits per heavy atom. The Morgan fingerprint density at radius 2 is 1.96 bits per heavy atom. The number of halogens is 1. The molecule has 0 aliphatic rings. The lowest BCUT2D eigenvalue weighted by molar-refractivity contribution is 0.386. The minimum atomic E-state index is -0.398. The molecule has 1 unspecified atom stereocenters. The van der Waals surface area contributed by atoms with Crippen molar-refractivity contribution >= 4 is 5.96 Å². The Kier molecular flexibility index (Phi) is 7.92. The smallest absolute Gasteiger partial charge is 0.191 e. The molecule has 2 aromatic rings. The van der Waals surface area contributed by atoms with Gasteiger partial charge in [0.15, 0.2) is 17.5 Å². The summed E-state index contributed by atoms with van der Waals surface area (Å²) in [7, 11) is 3.00. The first-order valence-corrected chi connectivity index (χ1v) is 9.22. The summed E-state index contributed by atoms with van der Waals surface area (Å²) in [5.74, 6) is 1.25. The quantitative estimate of drug-likeness (QED) is 0.477. The van der Waals surface area contributed by atoms with Gasteiger partial charge in [0.25, 0.3) is 0 Å². The molecule has 0 aliphatic carbocycles. The van der Waals surface area contributed by atoms with Crippen molar-refractivity contribution in [1.82, 2.24) is 10.6 Å². The van der Waals surface area contributed by atoms with Crippen LogP contribution in [0, 0.1) is 5.82 Å². The number of guanidine groups is 1. The van der Waals surface area contributed by atoms with E-state index in [0.29, 0.717) is 31.2 Å². The monoisotopic (exact) mass is 389 g/mol. The maximum Gasteiger partial charge on any atom is 0.191 e. The van der Waals surface area contributed by atoms with Crippen molar-refractivity contribution in [3.63, 3.8) is 0 Å². The number of phenols is 1. The Morgan fingerprint density at radius 1 is 1.18 bits per heavy atom. The lowest BCUT2D eigenvalue weighted by Gasteiger charge is -2.19. The van der Waals surface area contributed by atoms with Crippen molar-refractivity contribution < 1.29 is 19.0 Å². The third-order valence-electron chi connectivity index (χ3n) is 4.32. The number of nitrogens with one attached hydrogen (secondary N) is 2. The number of aliphatic imine (C=N–C) groups is 1. The van der Waals surface area contributed by atoms with Crippen molar-refractivity contribution in [3.8, 4) is 17.2 Å². The van der Waals surface area contributed by atoms with Gasteiger partial charge in [-0.15, -0.1) is 0 Å². The van der Waals surface area contributed by atoms with Gasteiger partial charge in [-0.2, -0.15) is 0 Å². The van der Waals surface area contributed by atoms with E-state index in [1.807, 2.05) is 32.0 Å². The molecule has 7 heteroatoms. The summed E-state index contributed by atoms with van der Waals surface area (Å²) in [4.78, 5) is 4.55. The number of benzene rings is 2. The highest BCUT2D eigenvalue weighted by atomic mass is 19.1. The molecule has 2 rings (SSSR count). The predicted octanol–water partition coefficient (Wildman–Crippen LogP) is 3.41. The summed E-state index contributed by atoms with van der Waals surface area (Å²) >= 11 is 0. The molecule has 0 fully saturated rings. The van der Waals surface area contributed by atoms with E-state index in [1.165, 1.54) is 13.2 Å². The van der Waals surface area contributed by atoms with E-state index in [9.17, 15) is 9.50 Å². The van der Waals surface area contributed by atoms with Crippen LogP contribution in [-0.2, 0) is 6.42 Å². The van der Waals surface area contributed by atoms with Crippen molar-refractivity contribution in [1.29, 1.82) is 0 Å². The van der Waals surface area contributed by atoms with Crippen LogP contribution in [0.3, 0.4) is 0 Å². The van der Waals surface area contributed by atoms with Crippen LogP contribution in [0.5, 0.6) is 17.2 Å². The molecular weight excluding hydrogens is 361 g/mol. The van der Waals surface area contributed by atoms with Gasteiger partial charge in [-0.05, 0) is 49.6 Å². The number of hydrogen-bond donors (Lipinski definition) is 3. The fourth-order valence-electron chi connectivity index (χ4n) is 2.73. The van der Waals surface area contributed by atoms with Gasteiger partial charge in [0.1, 0.15) is 11.5 Å². The number of nitrogens with zero attached hydrogens (tertiary/aromatic N) is 1. The van der Waals surface area contributed by atoms with Gasteiger partial charge >= 0.3 is 0 Å². The highest BCUT2D eigenvalue weighted by Crippen LogP contribution is 2.24. The van der Waals surface area contributed by atoms with Gasteiger partial charge in [0.05, 0.1) is 20.3 Å². The van der Waals surface area contributed by atoms with Crippen LogP contribution in [0.1, 0.15) is 31.0 Å². The molecule has 0 amide bonds. The molecule has 152 valence electrons. The lowest BCUT2D eigenvalue weighted by Crippen LogP contribution is -2.38. The van der Waals surface area contributed by atoms with Crippen LogP contribution < -0.4 is 20.1 Å². The third kappa shape index (κ3) is 5.77. The highest BCUT2D eigenvalue weighted by Gasteiger charge is 2.11. The van der Waals surface area contributed by atoms with Gasteiger partial charge < -0.3 is 25.2 Å². The molecule has 0 saturated heterocycles. The van der Waals surface area contributed by atoms with Crippen molar-refractivity contribution in [3.05, 3.63) is 53.3 Å². The van der Waals surface area contributed by atoms with Gasteiger partial charge in [-0.3, -0.25) is 4.99 Å². The summed E-state index contributed by atoms with van der Waals surface area (Å²) in [5, 5.41) is 16.5. The standard InChI is InChI=1S/C21H28FN3O3/c1-5-23-21(24-11-10-15-6-8-17(27-3)13-19(15)26)25-14(2)16-7-9-20(28-4)18(22)12-16/h6-9,12-14,26H,5,10-11H2,1-4H3,(H2,23,24,25). The van der Waals surface area contributed by atoms with Crippen LogP contribution in [0.25, 0.3) is 0 Å². The second-order valence-electron chi connectivity index (χ2n) is 6.27. The molecule has 0 saturated carbocycles. The highest BCUT2D eigenvalue weighted by molar-refractivity contribution is 5.80. The first-order valence-electron chi connectivity index (χ1n) is 9.22. The second-order valence-corrected chi connectivity index (χ2v) is 6.27. The number of hydrogen-bond acceptors (Lipinski definition) is 4. The zero-order valence-electron chi connectivity index (χ0n) is 16.8. The number of aromatic hydroxyl groups is 1. The van der Waals surface area contributed by atoms with Gasteiger partial charge in [-0.25, -0.2) is 4.39 Å². The molecule has 3 N–H and O–H groups in total. The van der Waals surface area contributed by atoms with Gasteiger partial charge in [0, 0.05) is 19.2 Å². The maximum atomic E-state index is 13.9. The van der Waals surface area contributed by atoms with E-state index in [4.69, 9.17) is 9.47 Å². The summed E-state index contributed by atoms with van der Waals surface area (Å²) < 4.78 is 24.0. The van der Waals surface area contributed by atoms with Gasteiger partial charge in [-0.1, -0.05) is 12.1 Å². The van der Waals surface area contributed by atoms with Crippen LogP contribution in [-0.4, -0.2) is 38.4 Å².